The third kappa shape index (κ3) is 2.68. The average molecular weight is 352 g/mol. The molecule has 1 saturated carbocycles. The lowest BCUT2D eigenvalue weighted by Crippen LogP contribution is -2.35. The van der Waals surface area contributed by atoms with Crippen LogP contribution in [-0.4, -0.2) is 30.9 Å². The summed E-state index contributed by atoms with van der Waals surface area (Å²) < 4.78 is 25.8. The summed E-state index contributed by atoms with van der Waals surface area (Å²) in [6.07, 6.45) is 0. The standard InChI is InChI=1S/C17H18ClNO3S/c1-11-2-4-12(5-3-11)15-16(17(15,19)10-20)23(21,22)14-8-6-13(18)7-9-14/h2-9,15-16,20H,10,19H2,1H3. The number of sulfone groups is 1. The molecule has 3 unspecified atom stereocenters. The van der Waals surface area contributed by atoms with Gasteiger partial charge in [0.2, 0.25) is 0 Å². The molecule has 0 bridgehead atoms. The van der Waals surface area contributed by atoms with Gasteiger partial charge >= 0.3 is 0 Å². The number of benzene rings is 2. The molecule has 2 aromatic carbocycles. The molecule has 1 aliphatic rings. The summed E-state index contributed by atoms with van der Waals surface area (Å²) in [7, 11) is -3.65. The molecule has 3 atom stereocenters. The van der Waals surface area contributed by atoms with Crippen molar-refractivity contribution in [1.29, 1.82) is 0 Å². The van der Waals surface area contributed by atoms with Crippen LogP contribution >= 0.6 is 11.6 Å². The number of hydrogen-bond acceptors (Lipinski definition) is 4. The van der Waals surface area contributed by atoms with Crippen molar-refractivity contribution in [3.05, 3.63) is 64.7 Å². The molecule has 0 radical (unpaired) electrons. The summed E-state index contributed by atoms with van der Waals surface area (Å²) in [5.74, 6) is -0.422. The van der Waals surface area contributed by atoms with Gasteiger partial charge in [-0.25, -0.2) is 8.42 Å². The third-order valence-electron chi connectivity index (χ3n) is 4.49. The molecule has 0 amide bonds. The van der Waals surface area contributed by atoms with Gasteiger partial charge in [0, 0.05) is 10.9 Å². The van der Waals surface area contributed by atoms with Gasteiger partial charge in [0.05, 0.1) is 22.3 Å². The van der Waals surface area contributed by atoms with Crippen LogP contribution in [0.15, 0.2) is 53.4 Å². The van der Waals surface area contributed by atoms with Crippen molar-refractivity contribution in [3.63, 3.8) is 0 Å². The lowest BCUT2D eigenvalue weighted by molar-refractivity contribution is 0.253. The Kier molecular flexibility index (Phi) is 4.01. The predicted molar refractivity (Wildman–Crippen MR) is 90.4 cm³/mol. The lowest BCUT2D eigenvalue weighted by atomic mass is 10.1. The fourth-order valence-electron chi connectivity index (χ4n) is 3.11. The van der Waals surface area contributed by atoms with E-state index in [-0.39, 0.29) is 11.5 Å². The number of aliphatic hydroxyl groups excluding tert-OH is 1. The molecule has 3 rings (SSSR count). The molecule has 4 nitrogen and oxygen atoms in total. The van der Waals surface area contributed by atoms with E-state index >= 15 is 0 Å². The molecule has 0 saturated heterocycles. The van der Waals surface area contributed by atoms with Gasteiger partial charge in [-0.1, -0.05) is 41.4 Å². The highest BCUT2D eigenvalue weighted by Gasteiger charge is 2.69. The third-order valence-corrected chi connectivity index (χ3v) is 7.05. The van der Waals surface area contributed by atoms with Crippen LogP contribution in [0, 0.1) is 6.92 Å². The molecule has 2 aromatic rings. The minimum atomic E-state index is -3.65. The van der Waals surface area contributed by atoms with Gasteiger partial charge in [-0.15, -0.1) is 0 Å². The fraction of sp³-hybridized carbons (Fsp3) is 0.294. The summed E-state index contributed by atoms with van der Waals surface area (Å²) in [5.41, 5.74) is 6.95. The highest BCUT2D eigenvalue weighted by atomic mass is 35.5. The van der Waals surface area contributed by atoms with Gasteiger partial charge in [0.15, 0.2) is 9.84 Å². The van der Waals surface area contributed by atoms with Crippen LogP contribution in [0.25, 0.3) is 0 Å². The fourth-order valence-corrected chi connectivity index (χ4v) is 5.53. The maximum Gasteiger partial charge on any atom is 0.183 e. The molecule has 1 fully saturated rings. The zero-order chi connectivity index (χ0) is 16.8. The molecule has 0 aliphatic heterocycles. The zero-order valence-corrected chi connectivity index (χ0v) is 14.2. The Morgan fingerprint density at radius 1 is 1.13 bits per heavy atom. The first-order valence-electron chi connectivity index (χ1n) is 7.26. The van der Waals surface area contributed by atoms with Gasteiger partial charge in [-0.2, -0.15) is 0 Å². The van der Waals surface area contributed by atoms with Gasteiger partial charge in [0.1, 0.15) is 0 Å². The second-order valence-corrected chi connectivity index (χ2v) is 8.58. The van der Waals surface area contributed by atoms with Gasteiger partial charge in [-0.3, -0.25) is 0 Å². The number of hydrogen-bond donors (Lipinski definition) is 2. The van der Waals surface area contributed by atoms with E-state index in [1.807, 2.05) is 31.2 Å². The minimum absolute atomic E-state index is 0.171. The molecule has 6 heteroatoms. The predicted octanol–water partition coefficient (Wildman–Crippen LogP) is 2.28. The Hall–Kier alpha value is -1.40. The van der Waals surface area contributed by atoms with Crippen LogP contribution in [0.4, 0.5) is 0 Å². The Labute approximate surface area is 140 Å². The largest absolute Gasteiger partial charge is 0.394 e. The summed E-state index contributed by atoms with van der Waals surface area (Å²) in [6.45, 7) is 1.57. The van der Waals surface area contributed by atoms with Crippen LogP contribution in [0.5, 0.6) is 0 Å². The molecule has 122 valence electrons. The Bertz CT molecular complexity index is 818. The number of aliphatic hydroxyl groups is 1. The summed E-state index contributed by atoms with van der Waals surface area (Å²) >= 11 is 5.82. The number of nitrogens with two attached hydrogens (primary N) is 1. The molecule has 3 N–H and O–H groups in total. The van der Waals surface area contributed by atoms with Crippen molar-refractivity contribution in [2.45, 2.75) is 28.5 Å². The topological polar surface area (TPSA) is 80.4 Å². The summed E-state index contributed by atoms with van der Waals surface area (Å²) in [6, 6.07) is 13.6. The Balaban J connectivity index is 2.01. The maximum absolute atomic E-state index is 12.9. The van der Waals surface area contributed by atoms with Gasteiger partial charge in [0.25, 0.3) is 0 Å². The lowest BCUT2D eigenvalue weighted by Gasteiger charge is -2.08. The first-order valence-corrected chi connectivity index (χ1v) is 9.19. The van der Waals surface area contributed by atoms with E-state index in [1.54, 1.807) is 0 Å². The maximum atomic E-state index is 12.9. The highest BCUT2D eigenvalue weighted by molar-refractivity contribution is 7.92. The summed E-state index contributed by atoms with van der Waals surface area (Å²) in [4.78, 5) is 0.171. The van der Waals surface area contributed by atoms with Gasteiger partial charge < -0.3 is 10.8 Å². The van der Waals surface area contributed by atoms with E-state index in [0.29, 0.717) is 5.02 Å². The Morgan fingerprint density at radius 3 is 2.22 bits per heavy atom. The molecule has 0 spiro atoms. The van der Waals surface area contributed by atoms with E-state index in [0.717, 1.165) is 11.1 Å². The van der Waals surface area contributed by atoms with Crippen molar-refractivity contribution >= 4 is 21.4 Å². The van der Waals surface area contributed by atoms with E-state index in [4.69, 9.17) is 17.3 Å². The van der Waals surface area contributed by atoms with Crippen LogP contribution in [0.3, 0.4) is 0 Å². The molecule has 0 heterocycles. The van der Waals surface area contributed by atoms with E-state index in [1.165, 1.54) is 24.3 Å². The average Bonchev–Trinajstić information content (AvgIpc) is 3.16. The van der Waals surface area contributed by atoms with E-state index in [2.05, 4.69) is 0 Å². The number of aryl methyl sites for hydroxylation is 1. The van der Waals surface area contributed by atoms with Crippen LogP contribution < -0.4 is 5.73 Å². The van der Waals surface area contributed by atoms with Crippen molar-refractivity contribution in [1.82, 2.24) is 0 Å². The number of halogens is 1. The monoisotopic (exact) mass is 351 g/mol. The quantitative estimate of drug-likeness (QED) is 0.885. The number of rotatable bonds is 4. The second-order valence-electron chi connectivity index (χ2n) is 6.08. The molecule has 0 aromatic heterocycles. The molecular formula is C17H18ClNO3S. The van der Waals surface area contributed by atoms with Crippen LogP contribution in [-0.2, 0) is 9.84 Å². The molecule has 23 heavy (non-hydrogen) atoms. The highest BCUT2D eigenvalue weighted by Crippen LogP contribution is 2.55. The first kappa shape index (κ1) is 16.5. The van der Waals surface area contributed by atoms with Crippen LogP contribution in [0.2, 0.25) is 5.02 Å². The van der Waals surface area contributed by atoms with Crippen molar-refractivity contribution in [3.8, 4) is 0 Å². The SMILES string of the molecule is Cc1ccc(C2C(S(=O)(=O)c3ccc(Cl)cc3)C2(N)CO)cc1. The van der Waals surface area contributed by atoms with Crippen LogP contribution in [0.1, 0.15) is 17.0 Å². The minimum Gasteiger partial charge on any atom is -0.394 e. The van der Waals surface area contributed by atoms with Crippen molar-refractivity contribution in [2.75, 3.05) is 6.61 Å². The molecular weight excluding hydrogens is 334 g/mol. The van der Waals surface area contributed by atoms with Crippen molar-refractivity contribution in [2.24, 2.45) is 5.73 Å². The van der Waals surface area contributed by atoms with Crippen molar-refractivity contribution < 1.29 is 13.5 Å². The Morgan fingerprint density at radius 2 is 1.70 bits per heavy atom. The first-order chi connectivity index (χ1) is 10.8. The normalized spacial score (nSPS) is 27.0. The second kappa shape index (κ2) is 5.60. The van der Waals surface area contributed by atoms with E-state index in [9.17, 15) is 13.5 Å². The smallest absolute Gasteiger partial charge is 0.183 e. The molecule has 1 aliphatic carbocycles. The van der Waals surface area contributed by atoms with Gasteiger partial charge in [-0.05, 0) is 36.8 Å². The summed E-state index contributed by atoms with van der Waals surface area (Å²) in [5, 5.41) is 9.29. The van der Waals surface area contributed by atoms with E-state index < -0.39 is 26.5 Å². The zero-order valence-electron chi connectivity index (χ0n) is 12.6.